The number of rotatable bonds is 7. The summed E-state index contributed by atoms with van der Waals surface area (Å²) in [5.74, 6) is 2.34. The predicted molar refractivity (Wildman–Crippen MR) is 160 cm³/mol. The normalized spacial score (nSPS) is 14.9. The van der Waals surface area contributed by atoms with Crippen LogP contribution < -0.4 is 9.16 Å². The van der Waals surface area contributed by atoms with Crippen LogP contribution in [-0.4, -0.2) is 8.32 Å². The molecule has 0 heterocycles. The van der Waals surface area contributed by atoms with Crippen LogP contribution in [-0.2, 0) is 12.0 Å². The molecule has 4 rings (SSSR count). The van der Waals surface area contributed by atoms with Crippen LogP contribution in [0.5, 0.6) is 11.5 Å². The largest absolute Gasteiger partial charge is 0.543 e. The van der Waals surface area contributed by atoms with Crippen molar-refractivity contribution in [1.29, 1.82) is 0 Å². The van der Waals surface area contributed by atoms with Crippen LogP contribution in [0.2, 0.25) is 18.1 Å². The van der Waals surface area contributed by atoms with Crippen molar-refractivity contribution in [3.05, 3.63) is 100 Å². The van der Waals surface area contributed by atoms with Gasteiger partial charge in [0.25, 0.3) is 0 Å². The lowest BCUT2D eigenvalue weighted by Crippen LogP contribution is -2.43. The molecule has 37 heavy (non-hydrogen) atoms. The summed E-state index contributed by atoms with van der Waals surface area (Å²) in [6, 6.07) is 21.6. The van der Waals surface area contributed by atoms with Crippen molar-refractivity contribution >= 4 is 13.9 Å². The first kappa shape index (κ1) is 27.3. The van der Waals surface area contributed by atoms with Crippen LogP contribution in [0.1, 0.15) is 87.8 Å². The third kappa shape index (κ3) is 5.57. The molecule has 0 saturated heterocycles. The average molecular weight is 513 g/mol. The number of ether oxygens (including phenoxy) is 1. The second-order valence-electron chi connectivity index (χ2n) is 13.0. The summed E-state index contributed by atoms with van der Waals surface area (Å²) >= 11 is 0. The first-order valence-electron chi connectivity index (χ1n) is 13.6. The molecule has 0 amide bonds. The Bertz CT molecular complexity index is 1310. The zero-order valence-corrected chi connectivity index (χ0v) is 25.5. The number of benzene rings is 3. The topological polar surface area (TPSA) is 18.5 Å². The summed E-state index contributed by atoms with van der Waals surface area (Å²) in [7, 11) is -1.92. The lowest BCUT2D eigenvalue weighted by Gasteiger charge is -2.37. The van der Waals surface area contributed by atoms with Gasteiger partial charge >= 0.3 is 0 Å². The first-order chi connectivity index (χ1) is 17.2. The number of fused-ring (bicyclic) bond motifs is 1. The van der Waals surface area contributed by atoms with Gasteiger partial charge in [-0.1, -0.05) is 90.9 Å². The van der Waals surface area contributed by atoms with Crippen molar-refractivity contribution in [1.82, 2.24) is 0 Å². The van der Waals surface area contributed by atoms with Crippen LogP contribution >= 0.6 is 0 Å². The third-order valence-corrected chi connectivity index (χ3v) is 12.5. The standard InChI is InChI=1S/C34H44O2Si/c1-23(2)28-19-26(16-17-31(28)35-22-25-14-12-11-13-15-25)29-21-34(7,8)30-20-27(18-24(3)32(29)30)36-37(9,10)33(4,5)6/h11-21,23H,22H2,1-10H3. The van der Waals surface area contributed by atoms with Gasteiger partial charge in [-0.05, 0) is 94.2 Å². The molecule has 0 unspecified atom stereocenters. The Kier molecular flexibility index (Phi) is 7.24. The van der Waals surface area contributed by atoms with Crippen LogP contribution in [0.4, 0.5) is 0 Å². The maximum absolute atomic E-state index is 6.74. The van der Waals surface area contributed by atoms with Crippen molar-refractivity contribution < 1.29 is 9.16 Å². The van der Waals surface area contributed by atoms with Crippen LogP contribution in [0.25, 0.3) is 5.57 Å². The Labute approximate surface area is 225 Å². The lowest BCUT2D eigenvalue weighted by molar-refractivity contribution is 0.302. The maximum Gasteiger partial charge on any atom is 0.250 e. The fourth-order valence-corrected chi connectivity index (χ4v) is 5.91. The van der Waals surface area contributed by atoms with E-state index < -0.39 is 8.32 Å². The van der Waals surface area contributed by atoms with Crippen molar-refractivity contribution in [2.75, 3.05) is 0 Å². The van der Waals surface area contributed by atoms with E-state index in [1.807, 2.05) is 6.07 Å². The van der Waals surface area contributed by atoms with Crippen LogP contribution in [0.3, 0.4) is 0 Å². The monoisotopic (exact) mass is 512 g/mol. The van der Waals surface area contributed by atoms with Gasteiger partial charge in [0.2, 0.25) is 8.32 Å². The van der Waals surface area contributed by atoms with Gasteiger partial charge in [0, 0.05) is 5.41 Å². The van der Waals surface area contributed by atoms with E-state index >= 15 is 0 Å². The highest BCUT2D eigenvalue weighted by Crippen LogP contribution is 2.48. The molecule has 0 N–H and O–H groups in total. The Hall–Kier alpha value is -2.78. The molecule has 1 aliphatic rings. The molecule has 3 heteroatoms. The molecule has 0 radical (unpaired) electrons. The van der Waals surface area contributed by atoms with Gasteiger partial charge in [0.15, 0.2) is 0 Å². The Morgan fingerprint density at radius 3 is 2.22 bits per heavy atom. The zero-order valence-electron chi connectivity index (χ0n) is 24.5. The Balaban J connectivity index is 1.70. The summed E-state index contributed by atoms with van der Waals surface area (Å²) in [6.45, 7) is 23.4. The van der Waals surface area contributed by atoms with E-state index in [4.69, 9.17) is 9.16 Å². The maximum atomic E-state index is 6.74. The molecule has 3 aromatic carbocycles. The SMILES string of the molecule is Cc1cc(O[Si](C)(C)C(C)(C)C)cc2c1C(c1ccc(OCc3ccccc3)c(C(C)C)c1)=CC2(C)C. The smallest absolute Gasteiger partial charge is 0.250 e. The molecule has 196 valence electrons. The highest BCUT2D eigenvalue weighted by molar-refractivity contribution is 6.74. The summed E-state index contributed by atoms with van der Waals surface area (Å²) in [4.78, 5) is 0. The molecule has 2 nitrogen and oxygen atoms in total. The third-order valence-electron chi connectivity index (χ3n) is 8.14. The second kappa shape index (κ2) is 9.83. The van der Waals surface area contributed by atoms with E-state index in [2.05, 4.69) is 129 Å². The van der Waals surface area contributed by atoms with Gasteiger partial charge in [-0.3, -0.25) is 0 Å². The van der Waals surface area contributed by atoms with Gasteiger partial charge in [-0.15, -0.1) is 0 Å². The minimum Gasteiger partial charge on any atom is -0.543 e. The van der Waals surface area contributed by atoms with E-state index in [0.29, 0.717) is 12.5 Å². The fourth-order valence-electron chi connectivity index (χ4n) is 4.90. The number of aryl methyl sites for hydroxylation is 1. The molecule has 0 spiro atoms. The van der Waals surface area contributed by atoms with Crippen LogP contribution in [0.15, 0.2) is 66.7 Å². The molecule has 0 aliphatic heterocycles. The zero-order chi connectivity index (χ0) is 27.2. The molecule has 0 bridgehead atoms. The van der Waals surface area contributed by atoms with E-state index in [1.165, 1.54) is 39.0 Å². The van der Waals surface area contributed by atoms with E-state index in [9.17, 15) is 0 Å². The van der Waals surface area contributed by atoms with Gasteiger partial charge in [-0.25, -0.2) is 0 Å². The summed E-state index contributed by atoms with van der Waals surface area (Å²) < 4.78 is 13.0. The summed E-state index contributed by atoms with van der Waals surface area (Å²) in [5, 5.41) is 0.163. The summed E-state index contributed by atoms with van der Waals surface area (Å²) in [5.41, 5.74) is 8.91. The van der Waals surface area contributed by atoms with E-state index in [-0.39, 0.29) is 10.5 Å². The first-order valence-corrected chi connectivity index (χ1v) is 16.5. The van der Waals surface area contributed by atoms with E-state index in [0.717, 1.165) is 11.5 Å². The molecular formula is C34H44O2Si. The minimum atomic E-state index is -1.92. The van der Waals surface area contributed by atoms with Gasteiger partial charge in [-0.2, -0.15) is 0 Å². The van der Waals surface area contributed by atoms with Crippen molar-refractivity contribution in [2.24, 2.45) is 0 Å². The predicted octanol–water partition coefficient (Wildman–Crippen LogP) is 9.80. The number of allylic oxidation sites excluding steroid dienone is 1. The van der Waals surface area contributed by atoms with Crippen LogP contribution in [0, 0.1) is 6.92 Å². The highest BCUT2D eigenvalue weighted by Gasteiger charge is 2.40. The number of hydrogen-bond donors (Lipinski definition) is 0. The Morgan fingerprint density at radius 1 is 0.919 bits per heavy atom. The molecule has 0 aromatic heterocycles. The van der Waals surface area contributed by atoms with Gasteiger partial charge < -0.3 is 9.16 Å². The lowest BCUT2D eigenvalue weighted by atomic mass is 9.86. The Morgan fingerprint density at radius 2 is 1.59 bits per heavy atom. The highest BCUT2D eigenvalue weighted by atomic mass is 28.4. The summed E-state index contributed by atoms with van der Waals surface area (Å²) in [6.07, 6.45) is 2.44. The van der Waals surface area contributed by atoms with Gasteiger partial charge in [0.05, 0.1) is 0 Å². The quantitative estimate of drug-likeness (QED) is 0.293. The average Bonchev–Trinajstić information content (AvgIpc) is 3.08. The van der Waals surface area contributed by atoms with Crippen molar-refractivity contribution in [3.63, 3.8) is 0 Å². The molecule has 3 aromatic rings. The van der Waals surface area contributed by atoms with E-state index in [1.54, 1.807) is 0 Å². The molecule has 1 aliphatic carbocycles. The second-order valence-corrected chi connectivity index (χ2v) is 17.7. The number of hydrogen-bond acceptors (Lipinski definition) is 2. The molecular weight excluding hydrogens is 468 g/mol. The minimum absolute atomic E-state index is 0.0668. The van der Waals surface area contributed by atoms with Crippen molar-refractivity contribution in [3.8, 4) is 11.5 Å². The fraction of sp³-hybridized carbons (Fsp3) is 0.412. The van der Waals surface area contributed by atoms with Gasteiger partial charge in [0.1, 0.15) is 18.1 Å². The molecule has 0 saturated carbocycles. The van der Waals surface area contributed by atoms with Crippen molar-refractivity contribution in [2.45, 2.75) is 91.5 Å². The molecule has 0 fully saturated rings. The molecule has 0 atom stereocenters.